The van der Waals surface area contributed by atoms with Crippen LogP contribution in [0.3, 0.4) is 0 Å². The highest BCUT2D eigenvalue weighted by Gasteiger charge is 2.34. The summed E-state index contributed by atoms with van der Waals surface area (Å²) >= 11 is 0. The van der Waals surface area contributed by atoms with Crippen molar-refractivity contribution in [3.63, 3.8) is 0 Å². The fourth-order valence-corrected chi connectivity index (χ4v) is 1.46. The van der Waals surface area contributed by atoms with Crippen LogP contribution in [0, 0.1) is 0 Å². The molecule has 0 unspecified atom stereocenters. The quantitative estimate of drug-likeness (QED) is 0.779. The first-order valence-corrected chi connectivity index (χ1v) is 4.13. The molecule has 0 saturated carbocycles. The number of amides is 1. The second kappa shape index (κ2) is 3.15. The van der Waals surface area contributed by atoms with Gasteiger partial charge in [0.15, 0.2) is 0 Å². The van der Waals surface area contributed by atoms with Crippen LogP contribution < -0.4 is 10.1 Å². The molecule has 1 aromatic rings. The summed E-state index contributed by atoms with van der Waals surface area (Å²) in [7, 11) is 0. The van der Waals surface area contributed by atoms with Crippen LogP contribution in [0.1, 0.15) is 15.9 Å². The van der Waals surface area contributed by atoms with Gasteiger partial charge < -0.3 is 10.1 Å². The fraction of sp³-hybridized carbons (Fsp3) is 0.222. The normalized spacial score (nSPS) is 14.7. The molecule has 15 heavy (non-hydrogen) atoms. The van der Waals surface area contributed by atoms with E-state index in [1.807, 2.05) is 0 Å². The van der Waals surface area contributed by atoms with Crippen LogP contribution in [-0.2, 0) is 6.54 Å². The summed E-state index contributed by atoms with van der Waals surface area (Å²) in [4.78, 5) is 11.2. The molecule has 0 radical (unpaired) electrons. The molecule has 6 heteroatoms. The SMILES string of the molecule is O=C1NCc2cccc(OC(F)(F)F)c21. The highest BCUT2D eigenvalue weighted by atomic mass is 19.4. The lowest BCUT2D eigenvalue weighted by atomic mass is 10.1. The first-order valence-electron chi connectivity index (χ1n) is 4.13. The van der Waals surface area contributed by atoms with Gasteiger partial charge in [-0.15, -0.1) is 13.2 Å². The van der Waals surface area contributed by atoms with Gasteiger partial charge in [0, 0.05) is 6.54 Å². The maximum atomic E-state index is 12.0. The van der Waals surface area contributed by atoms with Gasteiger partial charge in [0.2, 0.25) is 0 Å². The average Bonchev–Trinajstić information content (AvgIpc) is 2.46. The molecule has 1 heterocycles. The lowest BCUT2D eigenvalue weighted by Crippen LogP contribution is -2.20. The molecule has 0 atom stereocenters. The van der Waals surface area contributed by atoms with E-state index in [2.05, 4.69) is 10.1 Å². The van der Waals surface area contributed by atoms with Crippen molar-refractivity contribution in [2.24, 2.45) is 0 Å². The minimum atomic E-state index is -4.78. The molecule has 3 nitrogen and oxygen atoms in total. The zero-order valence-corrected chi connectivity index (χ0v) is 7.39. The molecule has 80 valence electrons. The summed E-state index contributed by atoms with van der Waals surface area (Å²) in [5.74, 6) is -0.986. The van der Waals surface area contributed by atoms with E-state index >= 15 is 0 Å². The molecular weight excluding hydrogens is 211 g/mol. The number of carbonyl (C=O) groups excluding carboxylic acids is 1. The minimum absolute atomic E-state index is 0.0326. The number of hydrogen-bond donors (Lipinski definition) is 1. The van der Waals surface area contributed by atoms with Gasteiger partial charge in [-0.25, -0.2) is 0 Å². The Hall–Kier alpha value is -1.72. The predicted octanol–water partition coefficient (Wildman–Crippen LogP) is 1.83. The van der Waals surface area contributed by atoms with Gasteiger partial charge in [-0.1, -0.05) is 12.1 Å². The molecule has 1 aromatic carbocycles. The van der Waals surface area contributed by atoms with Gasteiger partial charge in [-0.2, -0.15) is 0 Å². The van der Waals surface area contributed by atoms with E-state index < -0.39 is 18.0 Å². The Balaban J connectivity index is 2.41. The minimum Gasteiger partial charge on any atom is -0.405 e. The van der Waals surface area contributed by atoms with E-state index in [1.165, 1.54) is 6.07 Å². The third-order valence-corrected chi connectivity index (χ3v) is 2.00. The lowest BCUT2D eigenvalue weighted by molar-refractivity contribution is -0.274. The van der Waals surface area contributed by atoms with Crippen molar-refractivity contribution in [1.82, 2.24) is 5.32 Å². The second-order valence-corrected chi connectivity index (χ2v) is 3.02. The number of rotatable bonds is 1. The number of fused-ring (bicyclic) bond motifs is 1. The van der Waals surface area contributed by atoms with Crippen LogP contribution in [0.4, 0.5) is 13.2 Å². The third-order valence-electron chi connectivity index (χ3n) is 2.00. The predicted molar refractivity (Wildman–Crippen MR) is 44.3 cm³/mol. The smallest absolute Gasteiger partial charge is 0.405 e. The van der Waals surface area contributed by atoms with Crippen molar-refractivity contribution in [3.05, 3.63) is 29.3 Å². The van der Waals surface area contributed by atoms with Crippen molar-refractivity contribution < 1.29 is 22.7 Å². The molecule has 1 amide bonds. The van der Waals surface area contributed by atoms with Gasteiger partial charge in [0.1, 0.15) is 5.75 Å². The van der Waals surface area contributed by atoms with E-state index in [1.54, 1.807) is 6.07 Å². The Bertz CT molecular complexity index is 414. The fourth-order valence-electron chi connectivity index (χ4n) is 1.46. The summed E-state index contributed by atoms with van der Waals surface area (Å²) in [5.41, 5.74) is 0.483. The van der Waals surface area contributed by atoms with Crippen molar-refractivity contribution in [3.8, 4) is 5.75 Å². The van der Waals surface area contributed by atoms with E-state index in [9.17, 15) is 18.0 Å². The van der Waals surface area contributed by atoms with Gasteiger partial charge >= 0.3 is 6.36 Å². The second-order valence-electron chi connectivity index (χ2n) is 3.02. The maximum Gasteiger partial charge on any atom is 0.573 e. The Labute approximate surface area is 82.8 Å². The molecule has 0 bridgehead atoms. The molecule has 0 saturated heterocycles. The van der Waals surface area contributed by atoms with Gasteiger partial charge in [-0.05, 0) is 11.6 Å². The van der Waals surface area contributed by atoms with Gasteiger partial charge in [0.05, 0.1) is 5.56 Å². The molecule has 0 fully saturated rings. The number of carbonyl (C=O) groups is 1. The summed E-state index contributed by atoms with van der Waals surface area (Å²) in [6.45, 7) is 0.239. The Kier molecular flexibility index (Phi) is 2.06. The van der Waals surface area contributed by atoms with Crippen LogP contribution in [0.5, 0.6) is 5.75 Å². The Morgan fingerprint density at radius 2 is 2.07 bits per heavy atom. The molecule has 1 aliphatic rings. The molecule has 0 aromatic heterocycles. The zero-order valence-electron chi connectivity index (χ0n) is 7.39. The molecular formula is C9H6F3NO2. The van der Waals surface area contributed by atoms with Crippen LogP contribution >= 0.6 is 0 Å². The van der Waals surface area contributed by atoms with Crippen molar-refractivity contribution >= 4 is 5.91 Å². The highest BCUT2D eigenvalue weighted by molar-refractivity contribution is 6.00. The first-order chi connectivity index (χ1) is 6.97. The van der Waals surface area contributed by atoms with E-state index in [0.29, 0.717) is 5.56 Å². The standard InChI is InChI=1S/C9H6F3NO2/c10-9(11,12)15-6-3-1-2-5-4-13-8(14)7(5)6/h1-3H,4H2,(H,13,14). The molecule has 1 N–H and O–H groups in total. The largest absolute Gasteiger partial charge is 0.573 e. The van der Waals surface area contributed by atoms with Crippen LogP contribution in [-0.4, -0.2) is 12.3 Å². The number of hydrogen-bond acceptors (Lipinski definition) is 2. The lowest BCUT2D eigenvalue weighted by Gasteiger charge is -2.10. The number of ether oxygens (including phenoxy) is 1. The Morgan fingerprint density at radius 1 is 1.33 bits per heavy atom. The van der Waals surface area contributed by atoms with E-state index in [0.717, 1.165) is 6.07 Å². The molecule has 0 aliphatic carbocycles. The average molecular weight is 217 g/mol. The number of halogens is 3. The number of benzene rings is 1. The monoisotopic (exact) mass is 217 g/mol. The summed E-state index contributed by atoms with van der Waals surface area (Å²) in [6.07, 6.45) is -4.78. The van der Waals surface area contributed by atoms with E-state index in [-0.39, 0.29) is 12.1 Å². The molecule has 2 rings (SSSR count). The third kappa shape index (κ3) is 1.88. The van der Waals surface area contributed by atoms with Gasteiger partial charge in [-0.3, -0.25) is 4.79 Å². The van der Waals surface area contributed by atoms with Gasteiger partial charge in [0.25, 0.3) is 5.91 Å². The van der Waals surface area contributed by atoms with Crippen molar-refractivity contribution in [1.29, 1.82) is 0 Å². The van der Waals surface area contributed by atoms with Crippen LogP contribution in [0.25, 0.3) is 0 Å². The number of alkyl halides is 3. The Morgan fingerprint density at radius 3 is 2.73 bits per heavy atom. The molecule has 1 aliphatic heterocycles. The number of nitrogens with one attached hydrogen (secondary N) is 1. The summed E-state index contributed by atoms with van der Waals surface area (Å²) in [6, 6.07) is 4.12. The van der Waals surface area contributed by atoms with Crippen LogP contribution in [0.2, 0.25) is 0 Å². The van der Waals surface area contributed by atoms with E-state index in [4.69, 9.17) is 0 Å². The van der Waals surface area contributed by atoms with Crippen molar-refractivity contribution in [2.45, 2.75) is 12.9 Å². The maximum absolute atomic E-state index is 12.0. The van der Waals surface area contributed by atoms with Crippen LogP contribution in [0.15, 0.2) is 18.2 Å². The molecule has 0 spiro atoms. The zero-order chi connectivity index (χ0) is 11.1. The summed E-state index contributed by atoms with van der Waals surface area (Å²) < 4.78 is 39.7. The highest BCUT2D eigenvalue weighted by Crippen LogP contribution is 2.30. The topological polar surface area (TPSA) is 38.3 Å². The summed E-state index contributed by atoms with van der Waals surface area (Å²) in [5, 5.41) is 2.42. The van der Waals surface area contributed by atoms with Crippen molar-refractivity contribution in [2.75, 3.05) is 0 Å². The first kappa shape index (κ1) is 9.82.